The van der Waals surface area contributed by atoms with Crippen molar-refractivity contribution in [2.75, 3.05) is 0 Å². The second-order valence-corrected chi connectivity index (χ2v) is 5.27. The van der Waals surface area contributed by atoms with Gasteiger partial charge in [0.2, 0.25) is 0 Å². The van der Waals surface area contributed by atoms with E-state index in [0.717, 1.165) is 44.7 Å². The highest BCUT2D eigenvalue weighted by atomic mass is 16.5. The highest BCUT2D eigenvalue weighted by molar-refractivity contribution is 5.93. The number of fused-ring (bicyclic) bond motifs is 1. The van der Waals surface area contributed by atoms with Gasteiger partial charge in [0.05, 0.1) is 5.69 Å². The normalized spacial score (nSPS) is 11.2. The minimum Gasteiger partial charge on any atom is -0.361 e. The fraction of sp³-hybridized carbons (Fsp3) is 0.118. The first kappa shape index (κ1) is 12.8. The van der Waals surface area contributed by atoms with Gasteiger partial charge in [0.15, 0.2) is 0 Å². The molecule has 1 aromatic carbocycles. The van der Waals surface area contributed by atoms with Crippen LogP contribution in [0.1, 0.15) is 11.5 Å². The van der Waals surface area contributed by atoms with Crippen molar-refractivity contribution >= 4 is 11.0 Å². The molecule has 4 rings (SSSR count). The molecule has 0 spiro atoms. The molecule has 0 aliphatic rings. The molecule has 22 heavy (non-hydrogen) atoms. The molecule has 0 saturated heterocycles. The lowest BCUT2D eigenvalue weighted by Crippen LogP contribution is -1.84. The first-order valence-electron chi connectivity index (χ1n) is 7.05. The summed E-state index contributed by atoms with van der Waals surface area (Å²) in [6, 6.07) is 8.33. The average Bonchev–Trinajstić information content (AvgIpc) is 3.11. The predicted molar refractivity (Wildman–Crippen MR) is 84.3 cm³/mol. The molecular formula is C17H14N4O. The number of H-pyrrole nitrogens is 1. The molecule has 0 fully saturated rings. The Balaban J connectivity index is 1.89. The molecule has 5 nitrogen and oxygen atoms in total. The van der Waals surface area contributed by atoms with Gasteiger partial charge in [-0.2, -0.15) is 0 Å². The average molecular weight is 290 g/mol. The van der Waals surface area contributed by atoms with Gasteiger partial charge in [-0.25, -0.2) is 9.97 Å². The lowest BCUT2D eigenvalue weighted by Gasteiger charge is -2.04. The van der Waals surface area contributed by atoms with Crippen molar-refractivity contribution in [1.82, 2.24) is 20.1 Å². The van der Waals surface area contributed by atoms with Crippen molar-refractivity contribution in [3.05, 3.63) is 54.4 Å². The van der Waals surface area contributed by atoms with Gasteiger partial charge in [0.25, 0.3) is 0 Å². The van der Waals surface area contributed by atoms with Crippen LogP contribution in [0.25, 0.3) is 33.3 Å². The number of nitrogens with one attached hydrogen (secondary N) is 1. The van der Waals surface area contributed by atoms with E-state index in [9.17, 15) is 0 Å². The maximum absolute atomic E-state index is 5.27. The first-order chi connectivity index (χ1) is 10.7. The van der Waals surface area contributed by atoms with E-state index in [0.29, 0.717) is 0 Å². The monoisotopic (exact) mass is 290 g/mol. The maximum Gasteiger partial charge on any atom is 0.141 e. The van der Waals surface area contributed by atoms with E-state index in [1.165, 1.54) is 0 Å². The molecule has 0 bridgehead atoms. The standard InChI is InChI=1S/C17H14N4O/c1-10-16(11(2)22-21-10)13-5-3-4-12(6-13)14-8-19-17-15(14)7-18-9-20-17/h3-9H,1-2H3,(H,18,19,20). The third kappa shape index (κ3) is 1.90. The summed E-state index contributed by atoms with van der Waals surface area (Å²) in [6.07, 6.45) is 5.34. The second kappa shape index (κ2) is 4.80. The molecule has 0 amide bonds. The van der Waals surface area contributed by atoms with Gasteiger partial charge in [-0.1, -0.05) is 23.4 Å². The number of aromatic amines is 1. The van der Waals surface area contributed by atoms with Crippen LogP contribution in [-0.4, -0.2) is 20.1 Å². The molecule has 4 aromatic rings. The Morgan fingerprint density at radius 3 is 2.82 bits per heavy atom. The molecule has 108 valence electrons. The van der Waals surface area contributed by atoms with Crippen LogP contribution in [0.5, 0.6) is 0 Å². The number of nitrogens with zero attached hydrogens (tertiary/aromatic N) is 3. The Morgan fingerprint density at radius 1 is 1.14 bits per heavy atom. The molecule has 3 heterocycles. The van der Waals surface area contributed by atoms with Crippen molar-refractivity contribution in [3.8, 4) is 22.3 Å². The number of hydrogen-bond acceptors (Lipinski definition) is 4. The Bertz CT molecular complexity index is 948. The van der Waals surface area contributed by atoms with Gasteiger partial charge in [0.1, 0.15) is 17.7 Å². The van der Waals surface area contributed by atoms with E-state index in [1.54, 1.807) is 6.33 Å². The second-order valence-electron chi connectivity index (χ2n) is 5.27. The molecule has 0 radical (unpaired) electrons. The minimum absolute atomic E-state index is 0.830. The zero-order valence-electron chi connectivity index (χ0n) is 12.3. The zero-order chi connectivity index (χ0) is 15.1. The minimum atomic E-state index is 0.830. The number of hydrogen-bond donors (Lipinski definition) is 1. The molecule has 0 aliphatic carbocycles. The van der Waals surface area contributed by atoms with Crippen LogP contribution in [0.15, 0.2) is 47.5 Å². The lowest BCUT2D eigenvalue weighted by molar-refractivity contribution is 0.393. The summed E-state index contributed by atoms with van der Waals surface area (Å²) in [7, 11) is 0. The van der Waals surface area contributed by atoms with Gasteiger partial charge in [-0.15, -0.1) is 0 Å². The highest BCUT2D eigenvalue weighted by Gasteiger charge is 2.13. The predicted octanol–water partition coefficient (Wildman–Crippen LogP) is 3.90. The molecular weight excluding hydrogens is 276 g/mol. The maximum atomic E-state index is 5.27. The number of aryl methyl sites for hydroxylation is 2. The molecule has 0 atom stereocenters. The van der Waals surface area contributed by atoms with Gasteiger partial charge in [-0.3, -0.25) is 0 Å². The van der Waals surface area contributed by atoms with Crippen molar-refractivity contribution in [2.24, 2.45) is 0 Å². The number of aromatic nitrogens is 4. The fourth-order valence-corrected chi connectivity index (χ4v) is 2.84. The Morgan fingerprint density at radius 2 is 2.00 bits per heavy atom. The van der Waals surface area contributed by atoms with Crippen molar-refractivity contribution in [3.63, 3.8) is 0 Å². The van der Waals surface area contributed by atoms with Crippen LogP contribution < -0.4 is 0 Å². The lowest BCUT2D eigenvalue weighted by atomic mass is 9.98. The summed E-state index contributed by atoms with van der Waals surface area (Å²) in [5, 5.41) is 5.05. The summed E-state index contributed by atoms with van der Waals surface area (Å²) in [4.78, 5) is 11.5. The van der Waals surface area contributed by atoms with E-state index < -0.39 is 0 Å². The van der Waals surface area contributed by atoms with Gasteiger partial charge in [0, 0.05) is 28.9 Å². The summed E-state index contributed by atoms with van der Waals surface area (Å²) < 4.78 is 5.27. The third-order valence-corrected chi connectivity index (χ3v) is 3.85. The first-order valence-corrected chi connectivity index (χ1v) is 7.05. The quantitative estimate of drug-likeness (QED) is 0.608. The molecule has 0 aliphatic heterocycles. The molecule has 5 heteroatoms. The van der Waals surface area contributed by atoms with Gasteiger partial charge in [-0.05, 0) is 31.0 Å². The Kier molecular flexibility index (Phi) is 2.79. The third-order valence-electron chi connectivity index (χ3n) is 3.85. The Labute approximate surface area is 127 Å². The van der Waals surface area contributed by atoms with Crippen molar-refractivity contribution in [1.29, 1.82) is 0 Å². The molecule has 0 unspecified atom stereocenters. The number of benzene rings is 1. The summed E-state index contributed by atoms with van der Waals surface area (Å²) in [5.74, 6) is 0.830. The van der Waals surface area contributed by atoms with E-state index >= 15 is 0 Å². The number of rotatable bonds is 2. The van der Waals surface area contributed by atoms with Crippen LogP contribution >= 0.6 is 0 Å². The van der Waals surface area contributed by atoms with Crippen LogP contribution in [0.2, 0.25) is 0 Å². The largest absolute Gasteiger partial charge is 0.361 e. The topological polar surface area (TPSA) is 67.6 Å². The highest BCUT2D eigenvalue weighted by Crippen LogP contribution is 2.32. The Hall–Kier alpha value is -2.95. The SMILES string of the molecule is Cc1noc(C)c1-c1cccc(-c2c[nH]c3ncncc23)c1. The van der Waals surface area contributed by atoms with Crippen molar-refractivity contribution in [2.45, 2.75) is 13.8 Å². The fourth-order valence-electron chi connectivity index (χ4n) is 2.84. The summed E-state index contributed by atoms with van der Waals surface area (Å²) in [6.45, 7) is 3.89. The van der Waals surface area contributed by atoms with Crippen LogP contribution in [0.4, 0.5) is 0 Å². The van der Waals surface area contributed by atoms with E-state index in [1.807, 2.05) is 32.3 Å². The van der Waals surface area contributed by atoms with Crippen LogP contribution in [0.3, 0.4) is 0 Å². The van der Waals surface area contributed by atoms with Gasteiger partial charge < -0.3 is 9.51 Å². The van der Waals surface area contributed by atoms with Crippen molar-refractivity contribution < 1.29 is 4.52 Å². The molecule has 3 aromatic heterocycles. The smallest absolute Gasteiger partial charge is 0.141 e. The van der Waals surface area contributed by atoms with E-state index in [4.69, 9.17) is 4.52 Å². The summed E-state index contributed by atoms with van der Waals surface area (Å²) in [5.41, 5.74) is 6.09. The van der Waals surface area contributed by atoms with Crippen LogP contribution in [-0.2, 0) is 0 Å². The van der Waals surface area contributed by atoms with Gasteiger partial charge >= 0.3 is 0 Å². The molecule has 1 N–H and O–H groups in total. The van der Waals surface area contributed by atoms with E-state index in [2.05, 4.69) is 38.3 Å². The van der Waals surface area contributed by atoms with E-state index in [-0.39, 0.29) is 0 Å². The van der Waals surface area contributed by atoms with Crippen LogP contribution in [0, 0.1) is 13.8 Å². The molecule has 0 saturated carbocycles. The summed E-state index contributed by atoms with van der Waals surface area (Å²) >= 11 is 0. The zero-order valence-corrected chi connectivity index (χ0v) is 12.3.